The molecule has 0 radical (unpaired) electrons. The first-order valence-electron chi connectivity index (χ1n) is 4.73. The van der Waals surface area contributed by atoms with E-state index in [1.807, 2.05) is 13.8 Å². The molecule has 0 aliphatic heterocycles. The highest BCUT2D eigenvalue weighted by atomic mass is 16.5. The lowest BCUT2D eigenvalue weighted by atomic mass is 10.1. The van der Waals surface area contributed by atoms with Crippen LogP contribution >= 0.6 is 0 Å². The molecule has 0 heterocycles. The van der Waals surface area contributed by atoms with Crippen molar-refractivity contribution in [2.75, 3.05) is 7.11 Å². The van der Waals surface area contributed by atoms with Crippen molar-refractivity contribution in [3.05, 3.63) is 23.8 Å². The van der Waals surface area contributed by atoms with E-state index in [1.54, 1.807) is 18.2 Å². The zero-order chi connectivity index (χ0) is 11.4. The number of phenols is 1. The molecule has 0 saturated carbocycles. The second-order valence-corrected chi connectivity index (χ2v) is 3.48. The Morgan fingerprint density at radius 3 is 2.67 bits per heavy atom. The summed E-state index contributed by atoms with van der Waals surface area (Å²) in [5, 5.41) is 12.4. The van der Waals surface area contributed by atoms with Gasteiger partial charge in [-0.15, -0.1) is 0 Å². The summed E-state index contributed by atoms with van der Waals surface area (Å²) >= 11 is 0. The molecule has 2 N–H and O–H groups in total. The molecule has 0 saturated heterocycles. The molecule has 1 aromatic carbocycles. The van der Waals surface area contributed by atoms with Crippen molar-refractivity contribution in [1.29, 1.82) is 0 Å². The maximum atomic E-state index is 11.6. The molecule has 0 aliphatic carbocycles. The lowest BCUT2D eigenvalue weighted by Gasteiger charge is -2.11. The first-order valence-corrected chi connectivity index (χ1v) is 4.73. The standard InChI is InChI=1S/C11H15NO3/c1-7(2)12-11(14)8-5-4-6-9(15-3)10(8)13/h4-7,13H,1-3H3,(H,12,14). The van der Waals surface area contributed by atoms with E-state index in [2.05, 4.69) is 5.32 Å². The summed E-state index contributed by atoms with van der Waals surface area (Å²) in [4.78, 5) is 11.6. The third-order valence-corrected chi connectivity index (χ3v) is 1.88. The molecule has 82 valence electrons. The van der Waals surface area contributed by atoms with Crippen LogP contribution in [0.4, 0.5) is 0 Å². The first-order chi connectivity index (χ1) is 7.06. The number of hydrogen-bond donors (Lipinski definition) is 2. The summed E-state index contributed by atoms with van der Waals surface area (Å²) in [6.07, 6.45) is 0. The number of aromatic hydroxyl groups is 1. The predicted molar refractivity (Wildman–Crippen MR) is 57.3 cm³/mol. The summed E-state index contributed by atoms with van der Waals surface area (Å²) < 4.78 is 4.91. The Morgan fingerprint density at radius 1 is 1.47 bits per heavy atom. The molecule has 0 atom stereocenters. The van der Waals surface area contributed by atoms with Gasteiger partial charge in [-0.3, -0.25) is 4.79 Å². The van der Waals surface area contributed by atoms with Gasteiger partial charge in [-0.25, -0.2) is 0 Å². The first kappa shape index (κ1) is 11.4. The molecular formula is C11H15NO3. The minimum Gasteiger partial charge on any atom is -0.504 e. The number of para-hydroxylation sites is 1. The molecule has 0 fully saturated rings. The SMILES string of the molecule is COc1cccc(C(=O)NC(C)C)c1O. The number of carbonyl (C=O) groups excluding carboxylic acids is 1. The van der Waals surface area contributed by atoms with Crippen molar-refractivity contribution in [2.24, 2.45) is 0 Å². The largest absolute Gasteiger partial charge is 0.504 e. The van der Waals surface area contributed by atoms with Gasteiger partial charge in [0.25, 0.3) is 5.91 Å². The van der Waals surface area contributed by atoms with Crippen LogP contribution in [0.3, 0.4) is 0 Å². The highest BCUT2D eigenvalue weighted by Crippen LogP contribution is 2.29. The van der Waals surface area contributed by atoms with Crippen LogP contribution < -0.4 is 10.1 Å². The molecule has 0 bridgehead atoms. The van der Waals surface area contributed by atoms with E-state index in [0.717, 1.165) is 0 Å². The van der Waals surface area contributed by atoms with Gasteiger partial charge >= 0.3 is 0 Å². The number of hydrogen-bond acceptors (Lipinski definition) is 3. The van der Waals surface area contributed by atoms with Gasteiger partial charge in [-0.2, -0.15) is 0 Å². The Hall–Kier alpha value is -1.71. The van der Waals surface area contributed by atoms with Crippen LogP contribution in [0.15, 0.2) is 18.2 Å². The predicted octanol–water partition coefficient (Wildman–Crippen LogP) is 1.54. The number of ether oxygens (including phenoxy) is 1. The Morgan fingerprint density at radius 2 is 2.13 bits per heavy atom. The van der Waals surface area contributed by atoms with Gasteiger partial charge in [0.1, 0.15) is 0 Å². The van der Waals surface area contributed by atoms with E-state index >= 15 is 0 Å². The quantitative estimate of drug-likeness (QED) is 0.793. The molecule has 15 heavy (non-hydrogen) atoms. The van der Waals surface area contributed by atoms with Crippen molar-refractivity contribution in [1.82, 2.24) is 5.32 Å². The van der Waals surface area contributed by atoms with Gasteiger partial charge in [-0.1, -0.05) is 6.07 Å². The number of amides is 1. The van der Waals surface area contributed by atoms with Gasteiger partial charge in [0.2, 0.25) is 0 Å². The molecule has 0 aliphatic rings. The molecule has 4 heteroatoms. The van der Waals surface area contributed by atoms with Crippen molar-refractivity contribution >= 4 is 5.91 Å². The lowest BCUT2D eigenvalue weighted by molar-refractivity contribution is 0.0940. The summed E-state index contributed by atoms with van der Waals surface area (Å²) in [5.74, 6) is -0.133. The Kier molecular flexibility index (Phi) is 3.55. The molecule has 0 aromatic heterocycles. The van der Waals surface area contributed by atoms with E-state index in [1.165, 1.54) is 7.11 Å². The molecule has 1 rings (SSSR count). The van der Waals surface area contributed by atoms with Crippen LogP contribution in [-0.2, 0) is 0 Å². The van der Waals surface area contributed by atoms with Gasteiger partial charge in [0.05, 0.1) is 12.7 Å². The second-order valence-electron chi connectivity index (χ2n) is 3.48. The number of rotatable bonds is 3. The minimum absolute atomic E-state index is 0.0306. The Labute approximate surface area is 88.9 Å². The van der Waals surface area contributed by atoms with Crippen LogP contribution in [-0.4, -0.2) is 24.2 Å². The fourth-order valence-electron chi connectivity index (χ4n) is 1.21. The number of nitrogens with one attached hydrogen (secondary N) is 1. The molecule has 1 aromatic rings. The molecule has 1 amide bonds. The minimum atomic E-state index is -0.304. The zero-order valence-corrected chi connectivity index (χ0v) is 9.07. The van der Waals surface area contributed by atoms with Gasteiger partial charge in [0, 0.05) is 6.04 Å². The third kappa shape index (κ3) is 2.62. The average molecular weight is 209 g/mol. The highest BCUT2D eigenvalue weighted by Gasteiger charge is 2.14. The number of phenolic OH excluding ortho intramolecular Hbond substituents is 1. The Bertz CT molecular complexity index is 361. The van der Waals surface area contributed by atoms with Crippen molar-refractivity contribution < 1.29 is 14.6 Å². The number of benzene rings is 1. The van der Waals surface area contributed by atoms with Crippen LogP contribution in [0, 0.1) is 0 Å². The van der Waals surface area contributed by atoms with Gasteiger partial charge in [-0.05, 0) is 26.0 Å². The van der Waals surface area contributed by atoms with Crippen LogP contribution in [0.25, 0.3) is 0 Å². The van der Waals surface area contributed by atoms with E-state index in [0.29, 0.717) is 5.75 Å². The zero-order valence-electron chi connectivity index (χ0n) is 9.07. The molecule has 0 spiro atoms. The van der Waals surface area contributed by atoms with Gasteiger partial charge in [0.15, 0.2) is 11.5 Å². The Balaban J connectivity index is 2.99. The van der Waals surface area contributed by atoms with E-state index in [9.17, 15) is 9.90 Å². The van der Waals surface area contributed by atoms with E-state index < -0.39 is 0 Å². The molecule has 4 nitrogen and oxygen atoms in total. The second kappa shape index (κ2) is 4.68. The summed E-state index contributed by atoms with van der Waals surface area (Å²) in [5.41, 5.74) is 0.225. The van der Waals surface area contributed by atoms with Crippen LogP contribution in [0.2, 0.25) is 0 Å². The average Bonchev–Trinajstić information content (AvgIpc) is 2.17. The van der Waals surface area contributed by atoms with Gasteiger partial charge < -0.3 is 15.2 Å². The highest BCUT2D eigenvalue weighted by molar-refractivity contribution is 5.97. The summed E-state index contributed by atoms with van der Waals surface area (Å²) in [7, 11) is 1.44. The fourth-order valence-corrected chi connectivity index (χ4v) is 1.21. The third-order valence-electron chi connectivity index (χ3n) is 1.88. The normalized spacial score (nSPS) is 10.1. The maximum absolute atomic E-state index is 11.6. The summed E-state index contributed by atoms with van der Waals surface area (Å²) in [6.45, 7) is 3.71. The molecular weight excluding hydrogens is 194 g/mol. The van der Waals surface area contributed by atoms with E-state index in [4.69, 9.17) is 4.74 Å². The van der Waals surface area contributed by atoms with Crippen molar-refractivity contribution in [3.8, 4) is 11.5 Å². The van der Waals surface area contributed by atoms with Crippen LogP contribution in [0.1, 0.15) is 24.2 Å². The topological polar surface area (TPSA) is 58.6 Å². The maximum Gasteiger partial charge on any atom is 0.255 e. The van der Waals surface area contributed by atoms with E-state index in [-0.39, 0.29) is 23.3 Å². The van der Waals surface area contributed by atoms with Crippen LogP contribution in [0.5, 0.6) is 11.5 Å². The summed E-state index contributed by atoms with van der Waals surface area (Å²) in [6, 6.07) is 4.84. The monoisotopic (exact) mass is 209 g/mol. The lowest BCUT2D eigenvalue weighted by Crippen LogP contribution is -2.30. The van der Waals surface area contributed by atoms with Crippen molar-refractivity contribution in [3.63, 3.8) is 0 Å². The number of methoxy groups -OCH3 is 1. The fraction of sp³-hybridized carbons (Fsp3) is 0.364. The van der Waals surface area contributed by atoms with Crippen molar-refractivity contribution in [2.45, 2.75) is 19.9 Å². The molecule has 0 unspecified atom stereocenters. The number of carbonyl (C=O) groups is 1. The smallest absolute Gasteiger partial charge is 0.255 e.